The lowest BCUT2D eigenvalue weighted by molar-refractivity contribution is -0.115. The molecule has 1 aromatic carbocycles. The predicted octanol–water partition coefficient (Wildman–Crippen LogP) is 3.15. The summed E-state index contributed by atoms with van der Waals surface area (Å²) in [4.78, 5) is 21.3. The minimum Gasteiger partial charge on any atom is -0.273 e. The molecule has 2 aromatic rings. The molecule has 4 nitrogen and oxygen atoms in total. The van der Waals surface area contributed by atoms with E-state index in [2.05, 4.69) is 9.97 Å². The minimum absolute atomic E-state index is 0.0599. The number of hydrogen-bond acceptors (Lipinski definition) is 3. The average molecular weight is 324 g/mol. The zero-order valence-corrected chi connectivity index (χ0v) is 12.3. The number of carbonyl (C=O) groups is 1. The summed E-state index contributed by atoms with van der Waals surface area (Å²) in [6.07, 6.45) is 4.17. The first-order valence-electron chi connectivity index (χ1n) is 6.79. The molecule has 0 bridgehead atoms. The SMILES string of the molecule is O=C(CCl)N(c1ncc2c(n1)CCC2)c1c(F)cccc1F. The number of carbonyl (C=O) groups excluding carboxylic acids is 1. The predicted molar refractivity (Wildman–Crippen MR) is 78.3 cm³/mol. The lowest BCUT2D eigenvalue weighted by Gasteiger charge is -2.21. The van der Waals surface area contributed by atoms with Gasteiger partial charge in [-0.15, -0.1) is 11.6 Å². The monoisotopic (exact) mass is 323 g/mol. The van der Waals surface area contributed by atoms with Crippen LogP contribution in [0.15, 0.2) is 24.4 Å². The summed E-state index contributed by atoms with van der Waals surface area (Å²) < 4.78 is 28.0. The van der Waals surface area contributed by atoms with Crippen LogP contribution in [0.25, 0.3) is 0 Å². The fourth-order valence-electron chi connectivity index (χ4n) is 2.51. The normalized spacial score (nSPS) is 13.0. The number of amides is 1. The molecule has 0 saturated heterocycles. The third-order valence-corrected chi connectivity index (χ3v) is 3.75. The first kappa shape index (κ1) is 14.8. The van der Waals surface area contributed by atoms with Gasteiger partial charge in [0.2, 0.25) is 11.9 Å². The van der Waals surface area contributed by atoms with Crippen LogP contribution in [0.4, 0.5) is 20.4 Å². The highest BCUT2D eigenvalue weighted by Crippen LogP contribution is 2.30. The van der Waals surface area contributed by atoms with Crippen LogP contribution in [-0.2, 0) is 17.6 Å². The maximum Gasteiger partial charge on any atom is 0.249 e. The van der Waals surface area contributed by atoms with Crippen LogP contribution in [0, 0.1) is 11.6 Å². The second kappa shape index (κ2) is 5.96. The van der Waals surface area contributed by atoms with Gasteiger partial charge in [-0.1, -0.05) is 6.07 Å². The van der Waals surface area contributed by atoms with Crippen LogP contribution in [0.1, 0.15) is 17.7 Å². The summed E-state index contributed by atoms with van der Waals surface area (Å²) in [5, 5.41) is 0. The van der Waals surface area contributed by atoms with Crippen molar-refractivity contribution in [1.82, 2.24) is 9.97 Å². The van der Waals surface area contributed by atoms with E-state index >= 15 is 0 Å². The average Bonchev–Trinajstić information content (AvgIpc) is 2.98. The second-order valence-electron chi connectivity index (χ2n) is 4.93. The molecular formula is C15H12ClF2N3O. The minimum atomic E-state index is -0.873. The summed E-state index contributed by atoms with van der Waals surface area (Å²) in [6, 6.07) is 3.36. The molecule has 1 aliphatic rings. The van der Waals surface area contributed by atoms with Crippen molar-refractivity contribution in [3.63, 3.8) is 0 Å². The van der Waals surface area contributed by atoms with E-state index in [1.54, 1.807) is 6.20 Å². The lowest BCUT2D eigenvalue weighted by Crippen LogP contribution is -2.30. The van der Waals surface area contributed by atoms with E-state index in [-0.39, 0.29) is 5.95 Å². The molecule has 114 valence electrons. The number of aryl methyl sites for hydroxylation is 2. The Labute approximate surface area is 130 Å². The van der Waals surface area contributed by atoms with Crippen LogP contribution < -0.4 is 4.90 Å². The summed E-state index contributed by atoms with van der Waals surface area (Å²) in [7, 11) is 0. The summed E-state index contributed by atoms with van der Waals surface area (Å²) in [5.41, 5.74) is 1.29. The number of anilines is 2. The number of nitrogens with zero attached hydrogens (tertiary/aromatic N) is 3. The molecule has 1 amide bonds. The van der Waals surface area contributed by atoms with Gasteiger partial charge in [0, 0.05) is 11.9 Å². The van der Waals surface area contributed by atoms with E-state index < -0.39 is 29.1 Å². The largest absolute Gasteiger partial charge is 0.273 e. The number of fused-ring (bicyclic) bond motifs is 1. The van der Waals surface area contributed by atoms with Crippen LogP contribution >= 0.6 is 11.6 Å². The van der Waals surface area contributed by atoms with E-state index in [1.807, 2.05) is 0 Å². The maximum absolute atomic E-state index is 14.0. The highest BCUT2D eigenvalue weighted by atomic mass is 35.5. The highest BCUT2D eigenvalue weighted by Gasteiger charge is 2.27. The fraction of sp³-hybridized carbons (Fsp3) is 0.267. The molecule has 0 unspecified atom stereocenters. The van der Waals surface area contributed by atoms with E-state index in [1.165, 1.54) is 6.07 Å². The Hall–Kier alpha value is -2.08. The molecule has 0 spiro atoms. The number of halogens is 3. The number of rotatable bonds is 3. The molecule has 1 aliphatic carbocycles. The third-order valence-electron chi connectivity index (χ3n) is 3.53. The Morgan fingerprint density at radius 2 is 2.00 bits per heavy atom. The van der Waals surface area contributed by atoms with Crippen LogP contribution in [0.2, 0.25) is 0 Å². The molecular weight excluding hydrogens is 312 g/mol. The number of aromatic nitrogens is 2. The number of hydrogen-bond donors (Lipinski definition) is 0. The maximum atomic E-state index is 14.0. The molecule has 1 heterocycles. The molecule has 0 saturated carbocycles. The van der Waals surface area contributed by atoms with E-state index in [0.29, 0.717) is 0 Å². The molecule has 0 N–H and O–H groups in total. The van der Waals surface area contributed by atoms with Crippen molar-refractivity contribution in [2.45, 2.75) is 19.3 Å². The zero-order chi connectivity index (χ0) is 15.7. The molecule has 0 atom stereocenters. The van der Waals surface area contributed by atoms with E-state index in [0.717, 1.165) is 47.6 Å². The fourth-order valence-corrected chi connectivity index (χ4v) is 2.63. The summed E-state index contributed by atoms with van der Waals surface area (Å²) in [6.45, 7) is 0. The van der Waals surface area contributed by atoms with Crippen molar-refractivity contribution >= 4 is 29.1 Å². The molecule has 3 rings (SSSR count). The Kier molecular flexibility index (Phi) is 4.02. The Balaban J connectivity index is 2.13. The van der Waals surface area contributed by atoms with Crippen molar-refractivity contribution in [2.24, 2.45) is 0 Å². The van der Waals surface area contributed by atoms with Gasteiger partial charge in [0.05, 0.1) is 0 Å². The zero-order valence-electron chi connectivity index (χ0n) is 11.5. The van der Waals surface area contributed by atoms with Crippen LogP contribution in [0.5, 0.6) is 0 Å². The van der Waals surface area contributed by atoms with Gasteiger partial charge in [-0.2, -0.15) is 0 Å². The topological polar surface area (TPSA) is 46.1 Å². The Bertz CT molecular complexity index is 718. The Morgan fingerprint density at radius 3 is 2.68 bits per heavy atom. The highest BCUT2D eigenvalue weighted by molar-refractivity contribution is 6.30. The molecule has 22 heavy (non-hydrogen) atoms. The van der Waals surface area contributed by atoms with Crippen molar-refractivity contribution in [3.05, 3.63) is 47.3 Å². The molecule has 1 aromatic heterocycles. The van der Waals surface area contributed by atoms with Crippen molar-refractivity contribution in [3.8, 4) is 0 Å². The van der Waals surface area contributed by atoms with Crippen LogP contribution in [-0.4, -0.2) is 21.8 Å². The standard InChI is InChI=1S/C15H12ClF2N3O/c16-7-13(22)21(14-10(17)4-2-5-11(14)18)15-19-8-9-3-1-6-12(9)20-15/h2,4-5,8H,1,3,6-7H2. The smallest absolute Gasteiger partial charge is 0.249 e. The van der Waals surface area contributed by atoms with Crippen LogP contribution in [0.3, 0.4) is 0 Å². The molecule has 0 radical (unpaired) electrons. The van der Waals surface area contributed by atoms with Gasteiger partial charge in [-0.3, -0.25) is 4.79 Å². The van der Waals surface area contributed by atoms with Gasteiger partial charge in [0.15, 0.2) is 0 Å². The van der Waals surface area contributed by atoms with Gasteiger partial charge < -0.3 is 0 Å². The third kappa shape index (κ3) is 2.54. The Morgan fingerprint density at radius 1 is 1.27 bits per heavy atom. The van der Waals surface area contributed by atoms with Gasteiger partial charge >= 0.3 is 0 Å². The lowest BCUT2D eigenvalue weighted by atomic mass is 10.2. The van der Waals surface area contributed by atoms with Crippen molar-refractivity contribution in [2.75, 3.05) is 10.8 Å². The van der Waals surface area contributed by atoms with Crippen molar-refractivity contribution < 1.29 is 13.6 Å². The van der Waals surface area contributed by atoms with Gasteiger partial charge in [0.25, 0.3) is 0 Å². The first-order chi connectivity index (χ1) is 10.6. The number of alkyl halides is 1. The quantitative estimate of drug-likeness (QED) is 0.815. The van der Waals surface area contributed by atoms with Gasteiger partial charge in [0.1, 0.15) is 23.2 Å². The summed E-state index contributed by atoms with van der Waals surface area (Å²) >= 11 is 5.58. The van der Waals surface area contributed by atoms with Gasteiger partial charge in [-0.25, -0.2) is 23.6 Å². The number of para-hydroxylation sites is 1. The second-order valence-corrected chi connectivity index (χ2v) is 5.20. The first-order valence-corrected chi connectivity index (χ1v) is 7.33. The number of benzene rings is 1. The van der Waals surface area contributed by atoms with Crippen molar-refractivity contribution in [1.29, 1.82) is 0 Å². The van der Waals surface area contributed by atoms with E-state index in [9.17, 15) is 13.6 Å². The van der Waals surface area contributed by atoms with Gasteiger partial charge in [-0.05, 0) is 37.0 Å². The van der Waals surface area contributed by atoms with E-state index in [4.69, 9.17) is 11.6 Å². The molecule has 0 fully saturated rings. The summed E-state index contributed by atoms with van der Waals surface area (Å²) in [5.74, 6) is -2.93. The molecule has 7 heteroatoms. The molecule has 0 aliphatic heterocycles.